The van der Waals surface area contributed by atoms with Gasteiger partial charge in [0.2, 0.25) is 0 Å². The van der Waals surface area contributed by atoms with Gasteiger partial charge >= 0.3 is 0 Å². The van der Waals surface area contributed by atoms with Gasteiger partial charge in [0, 0.05) is 30.4 Å². The summed E-state index contributed by atoms with van der Waals surface area (Å²) in [5.74, 6) is -0.0820. The van der Waals surface area contributed by atoms with Crippen molar-refractivity contribution in [1.29, 1.82) is 0 Å². The van der Waals surface area contributed by atoms with E-state index in [0.717, 1.165) is 0 Å². The van der Waals surface area contributed by atoms with Crippen LogP contribution in [0.2, 0.25) is 0 Å². The molecule has 0 aliphatic heterocycles. The van der Waals surface area contributed by atoms with Gasteiger partial charge in [0.15, 0.2) is 12.1 Å². The summed E-state index contributed by atoms with van der Waals surface area (Å²) in [4.78, 5) is 33.5. The first kappa shape index (κ1) is 12.3. The molecule has 3 nitrogen and oxygen atoms in total. The Morgan fingerprint density at radius 3 is 2.50 bits per heavy atom. The quantitative estimate of drug-likeness (QED) is 0.544. The highest BCUT2D eigenvalue weighted by molar-refractivity contribution is 6.03. The lowest BCUT2D eigenvalue weighted by Crippen LogP contribution is -2.06. The van der Waals surface area contributed by atoms with Crippen molar-refractivity contribution < 1.29 is 14.4 Å². The van der Waals surface area contributed by atoms with Gasteiger partial charge in [-0.1, -0.05) is 31.2 Å². The standard InChI is InChI=1S/C13H14O3/c1-2-11(15)7-8-13(16)12-6-4-3-5-10(12)9-14/h3-6,9H,2,7-8H2,1H3. The van der Waals surface area contributed by atoms with Crippen LogP contribution < -0.4 is 0 Å². The average molecular weight is 218 g/mol. The van der Waals surface area contributed by atoms with E-state index in [4.69, 9.17) is 0 Å². The van der Waals surface area contributed by atoms with Crippen molar-refractivity contribution in [2.24, 2.45) is 0 Å². The number of carbonyl (C=O) groups excluding carboxylic acids is 3. The molecule has 0 saturated carbocycles. The molecule has 1 aromatic rings. The van der Waals surface area contributed by atoms with Gasteiger partial charge in [-0.2, -0.15) is 0 Å². The molecule has 0 fully saturated rings. The lowest BCUT2D eigenvalue weighted by Gasteiger charge is -2.02. The topological polar surface area (TPSA) is 51.2 Å². The number of aldehydes is 1. The highest BCUT2D eigenvalue weighted by atomic mass is 16.1. The van der Waals surface area contributed by atoms with Crippen molar-refractivity contribution in [2.75, 3.05) is 0 Å². The fraction of sp³-hybridized carbons (Fsp3) is 0.308. The third-order valence-corrected chi connectivity index (χ3v) is 2.41. The minimum Gasteiger partial charge on any atom is -0.300 e. The van der Waals surface area contributed by atoms with Crippen LogP contribution in [0.15, 0.2) is 24.3 Å². The average Bonchev–Trinajstić information content (AvgIpc) is 2.35. The van der Waals surface area contributed by atoms with Crippen LogP contribution in [0.5, 0.6) is 0 Å². The zero-order valence-corrected chi connectivity index (χ0v) is 9.23. The highest BCUT2D eigenvalue weighted by Crippen LogP contribution is 2.10. The van der Waals surface area contributed by atoms with Crippen molar-refractivity contribution in [3.8, 4) is 0 Å². The Bertz CT molecular complexity index is 407. The first-order valence-corrected chi connectivity index (χ1v) is 5.28. The lowest BCUT2D eigenvalue weighted by molar-refractivity contribution is -0.118. The van der Waals surface area contributed by atoms with Crippen LogP contribution in [-0.4, -0.2) is 17.9 Å². The van der Waals surface area contributed by atoms with E-state index in [2.05, 4.69) is 0 Å². The molecule has 16 heavy (non-hydrogen) atoms. The SMILES string of the molecule is CCC(=O)CCC(=O)c1ccccc1C=O. The molecular weight excluding hydrogens is 204 g/mol. The maximum Gasteiger partial charge on any atom is 0.164 e. The van der Waals surface area contributed by atoms with E-state index < -0.39 is 0 Å². The molecule has 0 bridgehead atoms. The number of hydrogen-bond acceptors (Lipinski definition) is 3. The first-order chi connectivity index (χ1) is 7.69. The lowest BCUT2D eigenvalue weighted by atomic mass is 10.00. The smallest absolute Gasteiger partial charge is 0.164 e. The Morgan fingerprint density at radius 1 is 1.19 bits per heavy atom. The molecule has 1 aromatic carbocycles. The third-order valence-electron chi connectivity index (χ3n) is 2.41. The van der Waals surface area contributed by atoms with Gasteiger partial charge in [0.1, 0.15) is 5.78 Å². The third kappa shape index (κ3) is 3.12. The number of Topliss-reactive ketones (excluding diaryl/α,β-unsaturated/α-hetero) is 2. The Kier molecular flexibility index (Phi) is 4.58. The molecule has 0 saturated heterocycles. The van der Waals surface area contributed by atoms with Crippen LogP contribution in [0.3, 0.4) is 0 Å². The number of ketones is 2. The fourth-order valence-corrected chi connectivity index (χ4v) is 1.42. The molecular formula is C13H14O3. The Morgan fingerprint density at radius 2 is 1.88 bits per heavy atom. The maximum absolute atomic E-state index is 11.7. The second-order valence-corrected chi connectivity index (χ2v) is 3.52. The normalized spacial score (nSPS) is 9.81. The molecule has 0 atom stereocenters. The summed E-state index contributed by atoms with van der Waals surface area (Å²) in [7, 11) is 0. The molecule has 0 heterocycles. The summed E-state index contributed by atoms with van der Waals surface area (Å²) in [6, 6.07) is 6.63. The van der Waals surface area contributed by atoms with Gasteiger partial charge in [-0.3, -0.25) is 14.4 Å². The van der Waals surface area contributed by atoms with Crippen molar-refractivity contribution >= 4 is 17.9 Å². The largest absolute Gasteiger partial charge is 0.300 e. The van der Waals surface area contributed by atoms with Crippen molar-refractivity contribution in [1.82, 2.24) is 0 Å². The van der Waals surface area contributed by atoms with Crippen LogP contribution in [0.4, 0.5) is 0 Å². The van der Waals surface area contributed by atoms with Crippen LogP contribution in [0.1, 0.15) is 46.9 Å². The molecule has 84 valence electrons. The van der Waals surface area contributed by atoms with Crippen LogP contribution in [0, 0.1) is 0 Å². The van der Waals surface area contributed by atoms with Gasteiger partial charge in [0.25, 0.3) is 0 Å². The summed E-state index contributed by atoms with van der Waals surface area (Å²) >= 11 is 0. The van der Waals surface area contributed by atoms with E-state index in [-0.39, 0.29) is 24.4 Å². The van der Waals surface area contributed by atoms with Crippen molar-refractivity contribution in [3.05, 3.63) is 35.4 Å². The molecule has 1 rings (SSSR count). The monoisotopic (exact) mass is 218 g/mol. The molecule has 0 aliphatic rings. The van der Waals surface area contributed by atoms with Crippen LogP contribution >= 0.6 is 0 Å². The summed E-state index contributed by atoms with van der Waals surface area (Å²) in [5.41, 5.74) is 0.790. The fourth-order valence-electron chi connectivity index (χ4n) is 1.42. The molecule has 0 N–H and O–H groups in total. The molecule has 0 spiro atoms. The molecule has 0 aromatic heterocycles. The van der Waals surface area contributed by atoms with E-state index in [0.29, 0.717) is 23.8 Å². The summed E-state index contributed by atoms with van der Waals surface area (Å²) in [5, 5.41) is 0. The van der Waals surface area contributed by atoms with Gasteiger partial charge in [-0.05, 0) is 0 Å². The molecule has 3 heteroatoms. The van der Waals surface area contributed by atoms with E-state index >= 15 is 0 Å². The van der Waals surface area contributed by atoms with E-state index in [1.54, 1.807) is 31.2 Å². The second-order valence-electron chi connectivity index (χ2n) is 3.52. The van der Waals surface area contributed by atoms with Gasteiger partial charge < -0.3 is 0 Å². The summed E-state index contributed by atoms with van der Waals surface area (Å²) < 4.78 is 0. The van der Waals surface area contributed by atoms with E-state index in [1.165, 1.54) is 0 Å². The predicted molar refractivity (Wildman–Crippen MR) is 60.7 cm³/mol. The summed E-state index contributed by atoms with van der Waals surface area (Å²) in [6.45, 7) is 1.77. The zero-order valence-electron chi connectivity index (χ0n) is 9.23. The van der Waals surface area contributed by atoms with Gasteiger partial charge in [0.05, 0.1) is 0 Å². The van der Waals surface area contributed by atoms with Crippen LogP contribution in [-0.2, 0) is 4.79 Å². The minimum absolute atomic E-state index is 0.0666. The van der Waals surface area contributed by atoms with Crippen molar-refractivity contribution in [2.45, 2.75) is 26.2 Å². The number of rotatable bonds is 6. The first-order valence-electron chi connectivity index (χ1n) is 5.28. The summed E-state index contributed by atoms with van der Waals surface area (Å²) in [6.07, 6.45) is 1.54. The minimum atomic E-state index is -0.149. The molecule has 0 aliphatic carbocycles. The van der Waals surface area contributed by atoms with Gasteiger partial charge in [-0.25, -0.2) is 0 Å². The predicted octanol–water partition coefficient (Wildman–Crippen LogP) is 2.44. The maximum atomic E-state index is 11.7. The molecule has 0 unspecified atom stereocenters. The van der Waals surface area contributed by atoms with Crippen molar-refractivity contribution in [3.63, 3.8) is 0 Å². The Hall–Kier alpha value is -1.77. The van der Waals surface area contributed by atoms with E-state index in [9.17, 15) is 14.4 Å². The molecule has 0 amide bonds. The number of carbonyl (C=O) groups is 3. The number of hydrogen-bond donors (Lipinski definition) is 0. The zero-order chi connectivity index (χ0) is 12.0. The Labute approximate surface area is 94.5 Å². The second kappa shape index (κ2) is 5.95. The Balaban J connectivity index is 2.73. The van der Waals surface area contributed by atoms with Crippen LogP contribution in [0.25, 0.3) is 0 Å². The highest BCUT2D eigenvalue weighted by Gasteiger charge is 2.11. The van der Waals surface area contributed by atoms with Gasteiger partial charge in [-0.15, -0.1) is 0 Å². The molecule has 0 radical (unpaired) electrons. The number of benzene rings is 1. The van der Waals surface area contributed by atoms with E-state index in [1.807, 2.05) is 0 Å².